The molecule has 1 aliphatic rings. The van der Waals surface area contributed by atoms with Crippen LogP contribution in [0.25, 0.3) is 0 Å². The predicted molar refractivity (Wildman–Crippen MR) is 49.6 cm³/mol. The first-order valence-electron chi connectivity index (χ1n) is 4.26. The molecule has 0 aromatic rings. The van der Waals surface area contributed by atoms with Gasteiger partial charge < -0.3 is 5.73 Å². The third-order valence-corrected chi connectivity index (χ3v) is 2.41. The minimum absolute atomic E-state index is 0.754. The van der Waals surface area contributed by atoms with Gasteiger partial charge in [0.1, 0.15) is 0 Å². The molecule has 1 rings (SSSR count). The number of carbonyl (C=O) groups is 1. The van der Waals surface area contributed by atoms with Gasteiger partial charge in [-0.15, -0.1) is 0 Å². The number of nitrogens with zero attached hydrogens (tertiary/aromatic N) is 1. The van der Waals surface area contributed by atoms with Crippen molar-refractivity contribution in [1.82, 2.24) is 0 Å². The maximum Gasteiger partial charge on any atom is 0.228 e. The zero-order valence-corrected chi connectivity index (χ0v) is 7.77. The Kier molecular flexibility index (Phi) is 2.70. The summed E-state index contributed by atoms with van der Waals surface area (Å²) >= 11 is 0. The Balaban J connectivity index is 3.07. The predicted octanol–water partition coefficient (Wildman–Crippen LogP) is 1.08. The number of rotatable bonds is 2. The van der Waals surface area contributed by atoms with Crippen molar-refractivity contribution in [3.8, 4) is 6.07 Å². The van der Waals surface area contributed by atoms with E-state index in [0.717, 1.165) is 0 Å². The van der Waals surface area contributed by atoms with Gasteiger partial charge in [-0.2, -0.15) is 5.26 Å². The van der Waals surface area contributed by atoms with Crippen LogP contribution in [0.5, 0.6) is 0 Å². The molecule has 1 amide bonds. The van der Waals surface area contributed by atoms with E-state index >= 15 is 0 Å². The van der Waals surface area contributed by atoms with E-state index in [0.29, 0.717) is 0 Å². The van der Waals surface area contributed by atoms with Crippen LogP contribution in [0.2, 0.25) is 0 Å². The van der Waals surface area contributed by atoms with E-state index in [1.165, 1.54) is 25.2 Å². The molecule has 0 saturated heterocycles. The van der Waals surface area contributed by atoms with Crippen LogP contribution in [-0.2, 0) is 4.79 Å². The van der Waals surface area contributed by atoms with Crippen LogP contribution < -0.4 is 5.73 Å². The number of primary amides is 1. The second kappa shape index (κ2) is 3.62. The summed E-state index contributed by atoms with van der Waals surface area (Å²) < 4.78 is 14.2. The molecule has 3 atom stereocenters. The number of nitrogens with two attached hydrogens (primary N) is 1. The molecule has 3 unspecified atom stereocenters. The summed E-state index contributed by atoms with van der Waals surface area (Å²) in [5.41, 5.74) is 3.08. The minimum atomic E-state index is -1.98. The first-order chi connectivity index (χ1) is 6.52. The summed E-state index contributed by atoms with van der Waals surface area (Å²) in [7, 11) is 0. The fourth-order valence-electron chi connectivity index (χ4n) is 1.45. The second-order valence-electron chi connectivity index (χ2n) is 3.30. The molecule has 1 aliphatic carbocycles. The van der Waals surface area contributed by atoms with Crippen LogP contribution in [-0.4, -0.2) is 11.6 Å². The minimum Gasteiger partial charge on any atom is -0.369 e. The van der Waals surface area contributed by atoms with Crippen molar-refractivity contribution in [2.45, 2.75) is 12.6 Å². The highest BCUT2D eigenvalue weighted by Gasteiger charge is 2.44. The maximum atomic E-state index is 14.2. The van der Waals surface area contributed by atoms with Gasteiger partial charge in [0.15, 0.2) is 5.67 Å². The molecule has 3 nitrogen and oxygen atoms in total. The average molecular weight is 194 g/mol. The van der Waals surface area contributed by atoms with E-state index in [2.05, 4.69) is 0 Å². The summed E-state index contributed by atoms with van der Waals surface area (Å²) in [6.45, 7) is 1.43. The summed E-state index contributed by atoms with van der Waals surface area (Å²) in [6.07, 6.45) is 5.64. The summed E-state index contributed by atoms with van der Waals surface area (Å²) in [5.74, 6) is -2.71. The van der Waals surface area contributed by atoms with Crippen molar-refractivity contribution in [2.75, 3.05) is 0 Å². The Morgan fingerprint density at radius 1 is 1.71 bits per heavy atom. The number of hydrogen-bond acceptors (Lipinski definition) is 2. The Morgan fingerprint density at radius 3 is 2.86 bits per heavy atom. The lowest BCUT2D eigenvalue weighted by Crippen LogP contribution is -2.44. The fourth-order valence-corrected chi connectivity index (χ4v) is 1.45. The first-order valence-corrected chi connectivity index (χ1v) is 4.26. The molecule has 0 aromatic heterocycles. The molecular weight excluding hydrogens is 183 g/mol. The van der Waals surface area contributed by atoms with Crippen LogP contribution in [0, 0.1) is 23.2 Å². The van der Waals surface area contributed by atoms with Crippen LogP contribution >= 0.6 is 0 Å². The molecule has 0 fully saturated rings. The van der Waals surface area contributed by atoms with E-state index in [-0.39, 0.29) is 0 Å². The number of hydrogen-bond donors (Lipinski definition) is 1. The molecule has 0 bridgehead atoms. The SMILES string of the molecule is CC(C#N)C1(F)C=CC=CC1C(N)=O. The monoisotopic (exact) mass is 194 g/mol. The van der Waals surface area contributed by atoms with Crippen molar-refractivity contribution < 1.29 is 9.18 Å². The van der Waals surface area contributed by atoms with Gasteiger partial charge in [-0.3, -0.25) is 4.79 Å². The molecule has 74 valence electrons. The van der Waals surface area contributed by atoms with Gasteiger partial charge in [0.05, 0.1) is 17.9 Å². The summed E-state index contributed by atoms with van der Waals surface area (Å²) in [6, 6.07) is 1.79. The highest BCUT2D eigenvalue weighted by atomic mass is 19.1. The number of halogens is 1. The third kappa shape index (κ3) is 1.53. The van der Waals surface area contributed by atoms with Crippen LogP contribution in [0.15, 0.2) is 24.3 Å². The van der Waals surface area contributed by atoms with Crippen LogP contribution in [0.3, 0.4) is 0 Å². The van der Waals surface area contributed by atoms with E-state index in [1.54, 1.807) is 12.1 Å². The van der Waals surface area contributed by atoms with Gasteiger partial charge >= 0.3 is 0 Å². The lowest BCUT2D eigenvalue weighted by atomic mass is 9.77. The van der Waals surface area contributed by atoms with Gasteiger partial charge in [0, 0.05) is 0 Å². The Bertz CT molecular complexity index is 343. The molecule has 0 saturated carbocycles. The quantitative estimate of drug-likeness (QED) is 0.714. The van der Waals surface area contributed by atoms with Crippen LogP contribution in [0.4, 0.5) is 4.39 Å². The van der Waals surface area contributed by atoms with E-state index in [1.807, 2.05) is 0 Å². The van der Waals surface area contributed by atoms with Crippen LogP contribution in [0.1, 0.15) is 6.92 Å². The molecule has 0 aliphatic heterocycles. The molecular formula is C10H11FN2O. The molecule has 14 heavy (non-hydrogen) atoms. The number of carbonyl (C=O) groups excluding carboxylic acids is 1. The van der Waals surface area contributed by atoms with Crippen molar-refractivity contribution in [1.29, 1.82) is 5.26 Å². The van der Waals surface area contributed by atoms with Crippen molar-refractivity contribution in [3.05, 3.63) is 24.3 Å². The van der Waals surface area contributed by atoms with Crippen molar-refractivity contribution in [2.24, 2.45) is 17.6 Å². The maximum absolute atomic E-state index is 14.2. The normalized spacial score (nSPS) is 32.2. The number of amides is 1. The molecule has 2 N–H and O–H groups in total. The molecule has 4 heteroatoms. The summed E-state index contributed by atoms with van der Waals surface area (Å²) in [5, 5.41) is 8.65. The molecule has 0 radical (unpaired) electrons. The molecule has 0 heterocycles. The first kappa shape index (κ1) is 10.5. The van der Waals surface area contributed by atoms with E-state index in [9.17, 15) is 9.18 Å². The van der Waals surface area contributed by atoms with Crippen molar-refractivity contribution in [3.63, 3.8) is 0 Å². The molecule has 0 spiro atoms. The highest BCUT2D eigenvalue weighted by Crippen LogP contribution is 2.35. The highest BCUT2D eigenvalue weighted by molar-refractivity contribution is 5.81. The zero-order valence-electron chi connectivity index (χ0n) is 7.77. The smallest absolute Gasteiger partial charge is 0.228 e. The third-order valence-electron chi connectivity index (χ3n) is 2.41. The standard InChI is InChI=1S/C10H11FN2O/c1-7(6-12)10(11)5-3-2-4-8(10)9(13)14/h2-5,7-8H,1H3,(H2,13,14). The second-order valence-corrected chi connectivity index (χ2v) is 3.30. The zero-order chi connectivity index (χ0) is 10.8. The van der Waals surface area contributed by atoms with E-state index < -0.39 is 23.4 Å². The summed E-state index contributed by atoms with van der Waals surface area (Å²) in [4.78, 5) is 11.0. The average Bonchev–Trinajstić information content (AvgIpc) is 2.16. The topological polar surface area (TPSA) is 66.9 Å². The number of allylic oxidation sites excluding steroid dienone is 3. The Labute approximate surface area is 81.7 Å². The van der Waals surface area contributed by atoms with Gasteiger partial charge in [-0.1, -0.05) is 18.2 Å². The van der Waals surface area contributed by atoms with E-state index in [4.69, 9.17) is 11.0 Å². The number of alkyl halides is 1. The fraction of sp³-hybridized carbons (Fsp3) is 0.400. The Morgan fingerprint density at radius 2 is 2.36 bits per heavy atom. The lowest BCUT2D eigenvalue weighted by Gasteiger charge is -2.30. The van der Waals surface area contributed by atoms with Crippen molar-refractivity contribution >= 4 is 5.91 Å². The number of nitriles is 1. The van der Waals surface area contributed by atoms with Gasteiger partial charge in [0.2, 0.25) is 5.91 Å². The Hall–Kier alpha value is -1.63. The molecule has 0 aromatic carbocycles. The largest absolute Gasteiger partial charge is 0.369 e. The van der Waals surface area contributed by atoms with Gasteiger partial charge in [-0.25, -0.2) is 4.39 Å². The van der Waals surface area contributed by atoms with Gasteiger partial charge in [0.25, 0.3) is 0 Å². The van der Waals surface area contributed by atoms with Gasteiger partial charge in [-0.05, 0) is 13.0 Å². The lowest BCUT2D eigenvalue weighted by molar-refractivity contribution is -0.124.